The second-order valence-corrected chi connectivity index (χ2v) is 7.58. The molecule has 1 heterocycles. The van der Waals surface area contributed by atoms with Gasteiger partial charge in [-0.1, -0.05) is 18.2 Å². The van der Waals surface area contributed by atoms with Gasteiger partial charge in [0.1, 0.15) is 5.75 Å². The van der Waals surface area contributed by atoms with Gasteiger partial charge in [0.2, 0.25) is 5.91 Å². The molecule has 32 heavy (non-hydrogen) atoms. The van der Waals surface area contributed by atoms with E-state index in [-0.39, 0.29) is 18.5 Å². The van der Waals surface area contributed by atoms with Gasteiger partial charge in [0.25, 0.3) is 11.8 Å². The number of aryl methyl sites for hydroxylation is 2. The van der Waals surface area contributed by atoms with E-state index in [1.54, 1.807) is 24.3 Å². The van der Waals surface area contributed by atoms with E-state index in [0.29, 0.717) is 11.4 Å². The topological polar surface area (TPSA) is 114 Å². The Balaban J connectivity index is 1.51. The molecular weight excluding hydrogens is 414 g/mol. The summed E-state index contributed by atoms with van der Waals surface area (Å²) in [5, 5.41) is 3.76. The average molecular weight is 439 g/mol. The highest BCUT2D eigenvalue weighted by Crippen LogP contribution is 2.20. The number of methoxy groups -OCH3 is 1. The van der Waals surface area contributed by atoms with Crippen molar-refractivity contribution < 1.29 is 28.7 Å². The molecule has 1 fully saturated rings. The minimum absolute atomic E-state index is 0.0444. The van der Waals surface area contributed by atoms with Crippen molar-refractivity contribution in [3.05, 3.63) is 59.2 Å². The lowest BCUT2D eigenvalue weighted by Crippen LogP contribution is -2.43. The summed E-state index contributed by atoms with van der Waals surface area (Å²) >= 11 is 0. The number of hydrogen-bond acceptors (Lipinski definition) is 6. The number of benzene rings is 2. The number of nitrogens with zero attached hydrogens (tertiary/aromatic N) is 1. The molecule has 2 aromatic carbocycles. The van der Waals surface area contributed by atoms with Gasteiger partial charge in [-0.15, -0.1) is 0 Å². The first-order valence-corrected chi connectivity index (χ1v) is 10.1. The number of carbonyl (C=O) groups excluding carboxylic acids is 4. The summed E-state index contributed by atoms with van der Waals surface area (Å²) in [6.07, 6.45) is -0.121. The summed E-state index contributed by atoms with van der Waals surface area (Å²) in [5.41, 5.74) is 5.36. The van der Waals surface area contributed by atoms with Crippen LogP contribution in [0.15, 0.2) is 42.5 Å². The van der Waals surface area contributed by atoms with Gasteiger partial charge in [0, 0.05) is 12.1 Å². The molecule has 1 atom stereocenters. The van der Waals surface area contributed by atoms with E-state index < -0.39 is 36.2 Å². The lowest BCUT2D eigenvalue weighted by molar-refractivity contribution is -0.151. The van der Waals surface area contributed by atoms with Crippen molar-refractivity contribution in [2.75, 3.05) is 25.6 Å². The van der Waals surface area contributed by atoms with Crippen molar-refractivity contribution in [3.8, 4) is 5.75 Å². The van der Waals surface area contributed by atoms with Crippen molar-refractivity contribution in [3.63, 3.8) is 0 Å². The van der Waals surface area contributed by atoms with Crippen LogP contribution in [-0.4, -0.2) is 49.0 Å². The van der Waals surface area contributed by atoms with E-state index in [0.717, 1.165) is 16.1 Å². The molecule has 9 nitrogen and oxygen atoms in total. The van der Waals surface area contributed by atoms with E-state index in [2.05, 4.69) is 10.7 Å². The number of hydrogen-bond donors (Lipinski definition) is 2. The largest absolute Gasteiger partial charge is 0.496 e. The fourth-order valence-electron chi connectivity index (χ4n) is 3.49. The van der Waals surface area contributed by atoms with Gasteiger partial charge in [-0.2, -0.15) is 0 Å². The Morgan fingerprint density at radius 3 is 2.47 bits per heavy atom. The molecule has 1 aliphatic rings. The number of ether oxygens (including phenoxy) is 2. The molecule has 0 saturated carbocycles. The normalized spacial score (nSPS) is 15.3. The van der Waals surface area contributed by atoms with Crippen molar-refractivity contribution in [2.24, 2.45) is 5.92 Å². The molecule has 0 unspecified atom stereocenters. The van der Waals surface area contributed by atoms with Crippen LogP contribution < -0.4 is 15.5 Å². The Hall–Kier alpha value is -3.88. The lowest BCUT2D eigenvalue weighted by Gasteiger charge is -2.18. The number of amides is 3. The van der Waals surface area contributed by atoms with Gasteiger partial charge < -0.3 is 14.8 Å². The summed E-state index contributed by atoms with van der Waals surface area (Å²) in [5.74, 6) is -2.53. The fourth-order valence-corrected chi connectivity index (χ4v) is 3.49. The predicted octanol–water partition coefficient (Wildman–Crippen LogP) is 1.99. The zero-order valence-electron chi connectivity index (χ0n) is 18.1. The number of rotatable bonds is 7. The molecule has 3 amide bonds. The number of anilines is 1. The van der Waals surface area contributed by atoms with Gasteiger partial charge in [-0.25, -0.2) is 0 Å². The maximum absolute atomic E-state index is 12.5. The molecule has 2 N–H and O–H groups in total. The molecule has 1 aliphatic heterocycles. The first kappa shape index (κ1) is 22.8. The summed E-state index contributed by atoms with van der Waals surface area (Å²) in [4.78, 5) is 49.2. The van der Waals surface area contributed by atoms with E-state index in [1.165, 1.54) is 7.11 Å². The Labute approximate surface area is 185 Å². The Morgan fingerprint density at radius 1 is 1.09 bits per heavy atom. The van der Waals surface area contributed by atoms with Crippen LogP contribution in [0.5, 0.6) is 5.75 Å². The van der Waals surface area contributed by atoms with E-state index in [4.69, 9.17) is 9.47 Å². The molecule has 0 spiro atoms. The highest BCUT2D eigenvalue weighted by atomic mass is 16.5. The fraction of sp³-hybridized carbons (Fsp3) is 0.304. The third kappa shape index (κ3) is 5.63. The second-order valence-electron chi connectivity index (χ2n) is 7.58. The van der Waals surface area contributed by atoms with Crippen LogP contribution in [0.1, 0.15) is 27.9 Å². The van der Waals surface area contributed by atoms with Crippen LogP contribution in [0.2, 0.25) is 0 Å². The number of nitrogens with one attached hydrogen (secondary N) is 2. The van der Waals surface area contributed by atoms with Crippen molar-refractivity contribution >= 4 is 29.4 Å². The molecule has 0 bridgehead atoms. The Bertz CT molecular complexity index is 1030. The van der Waals surface area contributed by atoms with E-state index >= 15 is 0 Å². The molecule has 0 radical (unpaired) electrons. The highest BCUT2D eigenvalue weighted by molar-refractivity contribution is 5.98. The average Bonchev–Trinajstić information content (AvgIpc) is 3.11. The van der Waals surface area contributed by atoms with Crippen molar-refractivity contribution in [1.29, 1.82) is 0 Å². The second kappa shape index (κ2) is 9.95. The minimum atomic E-state index is -0.783. The number of hydrazine groups is 1. The Morgan fingerprint density at radius 2 is 1.78 bits per heavy atom. The monoisotopic (exact) mass is 439 g/mol. The molecule has 2 aromatic rings. The van der Waals surface area contributed by atoms with E-state index in [9.17, 15) is 19.2 Å². The third-order valence-electron chi connectivity index (χ3n) is 4.90. The highest BCUT2D eigenvalue weighted by Gasteiger charge is 2.37. The quantitative estimate of drug-likeness (QED) is 0.638. The van der Waals surface area contributed by atoms with Gasteiger partial charge in [-0.3, -0.25) is 29.6 Å². The summed E-state index contributed by atoms with van der Waals surface area (Å²) in [6, 6.07) is 12.2. The maximum Gasteiger partial charge on any atom is 0.311 e. The van der Waals surface area contributed by atoms with Gasteiger partial charge in [0.05, 0.1) is 25.1 Å². The first-order chi connectivity index (χ1) is 15.3. The van der Waals surface area contributed by atoms with E-state index in [1.807, 2.05) is 32.0 Å². The van der Waals surface area contributed by atoms with Crippen molar-refractivity contribution in [1.82, 2.24) is 10.4 Å². The number of para-hydroxylation sites is 1. The van der Waals surface area contributed by atoms with Gasteiger partial charge in [0.15, 0.2) is 6.61 Å². The maximum atomic E-state index is 12.5. The van der Waals surface area contributed by atoms with Crippen LogP contribution in [-0.2, 0) is 19.1 Å². The summed E-state index contributed by atoms with van der Waals surface area (Å²) < 4.78 is 10.2. The summed E-state index contributed by atoms with van der Waals surface area (Å²) in [7, 11) is 1.44. The number of carbonyl (C=O) groups is 4. The van der Waals surface area contributed by atoms with Crippen LogP contribution in [0.3, 0.4) is 0 Å². The standard InChI is InChI=1S/C23H25N3O6/c1-14-8-15(2)10-17(9-14)24-20(27)13-32-23(30)16-11-21(28)26(12-16)25-22(29)18-6-4-5-7-19(18)31-3/h4-10,16H,11-13H2,1-3H3,(H,24,27)(H,25,29)/t16-/m1/s1. The number of esters is 1. The predicted molar refractivity (Wildman–Crippen MR) is 116 cm³/mol. The summed E-state index contributed by atoms with van der Waals surface area (Å²) in [6.45, 7) is 3.32. The molecule has 3 rings (SSSR count). The lowest BCUT2D eigenvalue weighted by atomic mass is 10.1. The molecular formula is C23H25N3O6. The van der Waals surface area contributed by atoms with Crippen LogP contribution in [0.4, 0.5) is 5.69 Å². The first-order valence-electron chi connectivity index (χ1n) is 10.1. The zero-order valence-corrected chi connectivity index (χ0v) is 18.1. The molecule has 1 saturated heterocycles. The zero-order chi connectivity index (χ0) is 23.3. The van der Waals surface area contributed by atoms with Crippen LogP contribution >= 0.6 is 0 Å². The van der Waals surface area contributed by atoms with Crippen LogP contribution in [0.25, 0.3) is 0 Å². The van der Waals surface area contributed by atoms with Gasteiger partial charge >= 0.3 is 5.97 Å². The smallest absolute Gasteiger partial charge is 0.311 e. The molecule has 168 valence electrons. The minimum Gasteiger partial charge on any atom is -0.496 e. The molecule has 0 aromatic heterocycles. The van der Waals surface area contributed by atoms with Crippen molar-refractivity contribution in [2.45, 2.75) is 20.3 Å². The van der Waals surface area contributed by atoms with Crippen LogP contribution in [0, 0.1) is 19.8 Å². The van der Waals surface area contributed by atoms with Gasteiger partial charge in [-0.05, 0) is 49.2 Å². The Kier molecular flexibility index (Phi) is 7.09. The molecule has 0 aliphatic carbocycles. The molecule has 9 heteroatoms. The third-order valence-corrected chi connectivity index (χ3v) is 4.90. The SMILES string of the molecule is COc1ccccc1C(=O)NN1C[C@H](C(=O)OCC(=O)Nc2cc(C)cc(C)c2)CC1=O.